The molecule has 0 atom stereocenters. The van der Waals surface area contributed by atoms with E-state index in [0.29, 0.717) is 34.4 Å². The molecule has 0 fully saturated rings. The number of aryl methyl sites for hydroxylation is 1. The van der Waals surface area contributed by atoms with Crippen LogP contribution in [-0.2, 0) is 10.2 Å². The molecular formula is C17H20ClN9O2S. The number of aromatic nitrogens is 4. The number of nitrogens with zero attached hydrogens (tertiary/aromatic N) is 5. The van der Waals surface area contributed by atoms with Gasteiger partial charge in [0.25, 0.3) is 0 Å². The van der Waals surface area contributed by atoms with Crippen LogP contribution in [0.15, 0.2) is 36.7 Å². The van der Waals surface area contributed by atoms with Crippen molar-refractivity contribution in [1.29, 1.82) is 0 Å². The second-order valence-electron chi connectivity index (χ2n) is 6.40. The fraction of sp³-hybridized carbons (Fsp3) is 0.176. The van der Waals surface area contributed by atoms with Gasteiger partial charge in [0.05, 0.1) is 23.3 Å². The molecule has 158 valence electrons. The van der Waals surface area contributed by atoms with Crippen LogP contribution in [0.2, 0.25) is 5.15 Å². The van der Waals surface area contributed by atoms with Crippen molar-refractivity contribution < 1.29 is 8.42 Å². The Kier molecular flexibility index (Phi) is 6.31. The second kappa shape index (κ2) is 8.75. The number of rotatable bonds is 7. The molecule has 0 saturated carbocycles. The van der Waals surface area contributed by atoms with E-state index in [1.807, 2.05) is 6.07 Å². The van der Waals surface area contributed by atoms with Crippen LogP contribution in [0.4, 0.5) is 23.0 Å². The van der Waals surface area contributed by atoms with E-state index in [2.05, 4.69) is 34.8 Å². The predicted octanol–water partition coefficient (Wildman–Crippen LogP) is 1.94. The van der Waals surface area contributed by atoms with Crippen molar-refractivity contribution in [3.8, 4) is 11.3 Å². The molecule has 3 aromatic rings. The molecule has 13 heteroatoms. The first kappa shape index (κ1) is 21.6. The predicted molar refractivity (Wildman–Crippen MR) is 116 cm³/mol. The van der Waals surface area contributed by atoms with E-state index in [4.69, 9.17) is 17.3 Å². The maximum atomic E-state index is 12.1. The number of hydrazine groups is 1. The summed E-state index contributed by atoms with van der Waals surface area (Å²) in [4.78, 5) is 19.1. The zero-order chi connectivity index (χ0) is 21.9. The van der Waals surface area contributed by atoms with Crippen LogP contribution in [0.3, 0.4) is 0 Å². The maximum Gasteiger partial charge on any atom is 0.312 e. The summed E-state index contributed by atoms with van der Waals surface area (Å²) in [5.41, 5.74) is 7.66. The van der Waals surface area contributed by atoms with Gasteiger partial charge in [-0.2, -0.15) is 8.42 Å². The van der Waals surface area contributed by atoms with Crippen molar-refractivity contribution in [2.45, 2.75) is 6.92 Å². The highest BCUT2D eigenvalue weighted by Gasteiger charge is 2.15. The number of nitrogens with one attached hydrogen (secondary N) is 3. The minimum atomic E-state index is -3.88. The molecule has 0 radical (unpaired) electrons. The number of halogens is 1. The van der Waals surface area contributed by atoms with E-state index in [1.54, 1.807) is 39.3 Å². The normalized spacial score (nSPS) is 11.5. The van der Waals surface area contributed by atoms with Gasteiger partial charge in [-0.25, -0.2) is 24.9 Å². The summed E-state index contributed by atoms with van der Waals surface area (Å²) < 4.78 is 26.6. The Bertz CT molecular complexity index is 1150. The third kappa shape index (κ3) is 5.51. The van der Waals surface area contributed by atoms with Gasteiger partial charge in [0, 0.05) is 31.9 Å². The summed E-state index contributed by atoms with van der Waals surface area (Å²) in [5, 5.41) is 4.37. The van der Waals surface area contributed by atoms with E-state index in [0.717, 1.165) is 0 Å². The molecule has 3 rings (SSSR count). The van der Waals surface area contributed by atoms with Gasteiger partial charge in [-0.3, -0.25) is 4.72 Å². The van der Waals surface area contributed by atoms with Gasteiger partial charge in [-0.15, -0.1) is 4.83 Å². The molecule has 30 heavy (non-hydrogen) atoms. The Labute approximate surface area is 178 Å². The van der Waals surface area contributed by atoms with Crippen molar-refractivity contribution in [3.05, 3.63) is 47.6 Å². The lowest BCUT2D eigenvalue weighted by atomic mass is 10.1. The van der Waals surface area contributed by atoms with Crippen LogP contribution < -0.4 is 20.6 Å². The van der Waals surface area contributed by atoms with E-state index in [-0.39, 0.29) is 10.8 Å². The van der Waals surface area contributed by atoms with Crippen molar-refractivity contribution in [1.82, 2.24) is 29.8 Å². The summed E-state index contributed by atoms with van der Waals surface area (Å²) in [7, 11) is -0.794. The molecule has 3 heterocycles. The maximum absolute atomic E-state index is 12.1. The molecule has 0 unspecified atom stereocenters. The molecule has 0 aliphatic rings. The molecule has 0 aromatic carbocycles. The van der Waals surface area contributed by atoms with E-state index < -0.39 is 10.2 Å². The summed E-state index contributed by atoms with van der Waals surface area (Å²) in [6.07, 6.45) is 3.06. The molecule has 0 aliphatic heterocycles. The molecular weight excluding hydrogens is 430 g/mol. The van der Waals surface area contributed by atoms with Crippen molar-refractivity contribution >= 4 is 44.8 Å². The Hall–Kier alpha value is -3.06. The average Bonchev–Trinajstić information content (AvgIpc) is 2.63. The fourth-order valence-corrected chi connectivity index (χ4v) is 3.75. The number of nitrogens with two attached hydrogens (primary N) is 1. The Morgan fingerprint density at radius 2 is 1.93 bits per heavy atom. The number of hydrogen-bond donors (Lipinski definition) is 4. The third-order valence-electron chi connectivity index (χ3n) is 3.59. The first-order valence-corrected chi connectivity index (χ1v) is 10.5. The Balaban J connectivity index is 1.93. The quantitative estimate of drug-likeness (QED) is 0.313. The SMILES string of the molecule is Cc1nc(N)cc(-c2cccnc2Nc2cnc(Cl)c(NS(=O)(=O)NN(C)C)c2)n1. The van der Waals surface area contributed by atoms with Gasteiger partial charge in [-0.05, 0) is 25.1 Å². The smallest absolute Gasteiger partial charge is 0.312 e. The summed E-state index contributed by atoms with van der Waals surface area (Å²) >= 11 is 6.05. The number of anilines is 4. The summed E-state index contributed by atoms with van der Waals surface area (Å²) in [6, 6.07) is 6.73. The highest BCUT2D eigenvalue weighted by molar-refractivity contribution is 7.90. The highest BCUT2D eigenvalue weighted by Crippen LogP contribution is 2.30. The zero-order valence-electron chi connectivity index (χ0n) is 16.4. The Morgan fingerprint density at radius 1 is 1.17 bits per heavy atom. The van der Waals surface area contributed by atoms with Crippen LogP contribution >= 0.6 is 11.6 Å². The van der Waals surface area contributed by atoms with Gasteiger partial charge in [0.15, 0.2) is 5.15 Å². The van der Waals surface area contributed by atoms with Gasteiger partial charge in [0.2, 0.25) is 0 Å². The van der Waals surface area contributed by atoms with Crippen LogP contribution in [0, 0.1) is 6.92 Å². The first-order chi connectivity index (χ1) is 14.1. The summed E-state index contributed by atoms with van der Waals surface area (Å²) in [5.74, 6) is 1.34. The monoisotopic (exact) mass is 449 g/mol. The van der Waals surface area contributed by atoms with Crippen molar-refractivity contribution in [3.63, 3.8) is 0 Å². The van der Waals surface area contributed by atoms with E-state index in [9.17, 15) is 8.42 Å². The second-order valence-corrected chi connectivity index (χ2v) is 8.15. The van der Waals surface area contributed by atoms with Crippen LogP contribution in [0.25, 0.3) is 11.3 Å². The third-order valence-corrected chi connectivity index (χ3v) is 4.99. The molecule has 5 N–H and O–H groups in total. The first-order valence-electron chi connectivity index (χ1n) is 8.59. The number of hydrogen-bond acceptors (Lipinski definition) is 9. The number of nitrogen functional groups attached to an aromatic ring is 1. The standard InChI is InChI=1S/C17H20ClN9O2S/c1-10-22-13(8-15(19)23-10)12-5-4-6-20-17(12)24-11-7-14(16(18)21-9-11)25-30(28,29)26-27(2)3/h4-9,25-26H,1-3H3,(H,20,24)(H2,19,22,23). The Morgan fingerprint density at radius 3 is 2.63 bits per heavy atom. The fourth-order valence-electron chi connectivity index (χ4n) is 2.57. The molecule has 0 amide bonds. The van der Waals surface area contributed by atoms with Crippen LogP contribution in [0.5, 0.6) is 0 Å². The van der Waals surface area contributed by atoms with Gasteiger partial charge < -0.3 is 11.1 Å². The molecule has 3 aromatic heterocycles. The van der Waals surface area contributed by atoms with Gasteiger partial charge >= 0.3 is 10.2 Å². The average molecular weight is 450 g/mol. The highest BCUT2D eigenvalue weighted by atomic mass is 35.5. The lowest BCUT2D eigenvalue weighted by Gasteiger charge is -2.16. The minimum absolute atomic E-state index is 0.00914. The number of pyridine rings is 2. The van der Waals surface area contributed by atoms with E-state index in [1.165, 1.54) is 17.3 Å². The lowest BCUT2D eigenvalue weighted by molar-refractivity contribution is 0.365. The van der Waals surface area contributed by atoms with Crippen molar-refractivity contribution in [2.24, 2.45) is 0 Å². The van der Waals surface area contributed by atoms with Gasteiger partial charge in [0.1, 0.15) is 17.5 Å². The minimum Gasteiger partial charge on any atom is -0.384 e. The van der Waals surface area contributed by atoms with Crippen LogP contribution in [0.1, 0.15) is 5.82 Å². The largest absolute Gasteiger partial charge is 0.384 e. The van der Waals surface area contributed by atoms with Gasteiger partial charge in [-0.1, -0.05) is 11.6 Å². The van der Waals surface area contributed by atoms with Crippen LogP contribution in [-0.4, -0.2) is 47.5 Å². The molecule has 0 aliphatic carbocycles. The molecule has 0 bridgehead atoms. The summed E-state index contributed by atoms with van der Waals surface area (Å²) in [6.45, 7) is 1.74. The van der Waals surface area contributed by atoms with Crippen molar-refractivity contribution in [2.75, 3.05) is 29.9 Å². The lowest BCUT2D eigenvalue weighted by Crippen LogP contribution is -2.40. The molecule has 0 spiro atoms. The van der Waals surface area contributed by atoms with E-state index >= 15 is 0 Å². The zero-order valence-corrected chi connectivity index (χ0v) is 18.0. The topological polar surface area (TPSA) is 151 Å². The molecule has 0 saturated heterocycles. The molecule has 11 nitrogen and oxygen atoms in total.